The molecule has 0 radical (unpaired) electrons. The lowest BCUT2D eigenvalue weighted by molar-refractivity contribution is 0.0655. The van der Waals surface area contributed by atoms with E-state index >= 15 is 0 Å². The minimum atomic E-state index is -0.483. The second-order valence-electron chi connectivity index (χ2n) is 4.21. The van der Waals surface area contributed by atoms with Gasteiger partial charge in [0.1, 0.15) is 5.82 Å². The molecule has 0 aromatic heterocycles. The highest BCUT2D eigenvalue weighted by Gasteiger charge is 2.24. The molecule has 17 heavy (non-hydrogen) atoms. The van der Waals surface area contributed by atoms with E-state index in [0.29, 0.717) is 12.1 Å². The van der Waals surface area contributed by atoms with Crippen LogP contribution >= 0.6 is 11.6 Å². The third-order valence-corrected chi connectivity index (χ3v) is 3.09. The zero-order valence-corrected chi connectivity index (χ0v) is 10.3. The van der Waals surface area contributed by atoms with Crippen LogP contribution in [0.2, 0.25) is 5.02 Å². The van der Waals surface area contributed by atoms with Gasteiger partial charge in [-0.1, -0.05) is 11.6 Å². The number of nitrogens with one attached hydrogen (secondary N) is 1. The highest BCUT2D eigenvalue weighted by atomic mass is 35.5. The van der Waals surface area contributed by atoms with Crippen LogP contribution < -0.4 is 5.32 Å². The maximum absolute atomic E-state index is 13.2. The fourth-order valence-electron chi connectivity index (χ4n) is 1.99. The average molecular weight is 257 g/mol. The number of carbonyl (C=O) groups is 1. The molecule has 1 aromatic carbocycles. The second kappa shape index (κ2) is 5.02. The van der Waals surface area contributed by atoms with Crippen LogP contribution in [0, 0.1) is 5.82 Å². The zero-order valence-electron chi connectivity index (χ0n) is 9.54. The van der Waals surface area contributed by atoms with E-state index in [0.717, 1.165) is 13.1 Å². The summed E-state index contributed by atoms with van der Waals surface area (Å²) in [6, 6.07) is 4.03. The van der Waals surface area contributed by atoms with Crippen LogP contribution in [0.3, 0.4) is 0 Å². The number of piperazine rings is 1. The number of amides is 1. The second-order valence-corrected chi connectivity index (χ2v) is 4.65. The fraction of sp³-hybridized carbons (Fsp3) is 0.417. The van der Waals surface area contributed by atoms with Gasteiger partial charge in [0.15, 0.2) is 0 Å². The van der Waals surface area contributed by atoms with Gasteiger partial charge in [-0.15, -0.1) is 0 Å². The Morgan fingerprint density at radius 2 is 2.29 bits per heavy atom. The van der Waals surface area contributed by atoms with E-state index in [9.17, 15) is 9.18 Å². The van der Waals surface area contributed by atoms with Crippen molar-refractivity contribution in [2.75, 3.05) is 19.6 Å². The van der Waals surface area contributed by atoms with Crippen molar-refractivity contribution < 1.29 is 9.18 Å². The van der Waals surface area contributed by atoms with Gasteiger partial charge in [-0.3, -0.25) is 4.79 Å². The Hall–Kier alpha value is -1.13. The Bertz CT molecular complexity index is 418. The lowest BCUT2D eigenvalue weighted by Crippen LogP contribution is -2.52. The molecule has 0 aliphatic carbocycles. The van der Waals surface area contributed by atoms with Gasteiger partial charge < -0.3 is 10.2 Å². The Morgan fingerprint density at radius 3 is 2.94 bits per heavy atom. The summed E-state index contributed by atoms with van der Waals surface area (Å²) in [5.41, 5.74) is 0.309. The van der Waals surface area contributed by atoms with Gasteiger partial charge in [-0.25, -0.2) is 4.39 Å². The molecule has 1 aliphatic rings. The van der Waals surface area contributed by atoms with Crippen molar-refractivity contribution in [1.82, 2.24) is 10.2 Å². The number of carbonyl (C=O) groups excluding carboxylic acids is 1. The lowest BCUT2D eigenvalue weighted by atomic mass is 10.1. The first-order chi connectivity index (χ1) is 8.08. The van der Waals surface area contributed by atoms with Crippen molar-refractivity contribution in [1.29, 1.82) is 0 Å². The SMILES string of the molecule is C[C@@H]1CNCCN1C(=O)c1cc(F)cc(Cl)c1. The average Bonchev–Trinajstić information content (AvgIpc) is 2.27. The molecule has 1 heterocycles. The van der Waals surface area contributed by atoms with E-state index in [-0.39, 0.29) is 17.0 Å². The van der Waals surface area contributed by atoms with Crippen molar-refractivity contribution in [3.8, 4) is 0 Å². The van der Waals surface area contributed by atoms with Gasteiger partial charge in [0, 0.05) is 36.3 Å². The third-order valence-electron chi connectivity index (χ3n) is 2.87. The molecule has 1 N–H and O–H groups in total. The molecule has 3 nitrogen and oxygen atoms in total. The molecule has 0 saturated carbocycles. The van der Waals surface area contributed by atoms with Crippen LogP contribution in [0.4, 0.5) is 4.39 Å². The van der Waals surface area contributed by atoms with E-state index in [2.05, 4.69) is 5.32 Å². The van der Waals surface area contributed by atoms with Crippen LogP contribution in [0.5, 0.6) is 0 Å². The van der Waals surface area contributed by atoms with Crippen molar-refractivity contribution in [3.05, 3.63) is 34.6 Å². The molecule has 0 spiro atoms. The number of benzene rings is 1. The lowest BCUT2D eigenvalue weighted by Gasteiger charge is -2.34. The van der Waals surface area contributed by atoms with E-state index in [1.807, 2.05) is 6.92 Å². The zero-order chi connectivity index (χ0) is 12.4. The normalized spacial score (nSPS) is 20.4. The molecule has 1 aliphatic heterocycles. The first kappa shape index (κ1) is 12.3. The Balaban J connectivity index is 2.23. The first-order valence-electron chi connectivity index (χ1n) is 5.55. The van der Waals surface area contributed by atoms with E-state index < -0.39 is 5.82 Å². The molecular formula is C12H14ClFN2O. The van der Waals surface area contributed by atoms with Gasteiger partial charge in [-0.05, 0) is 25.1 Å². The van der Waals surface area contributed by atoms with Crippen LogP contribution in [0.1, 0.15) is 17.3 Å². The summed E-state index contributed by atoms with van der Waals surface area (Å²) in [5, 5.41) is 3.45. The maximum Gasteiger partial charge on any atom is 0.254 e. The highest BCUT2D eigenvalue weighted by Crippen LogP contribution is 2.17. The molecule has 1 fully saturated rings. The molecular weight excluding hydrogens is 243 g/mol. The predicted octanol–water partition coefficient (Wildman–Crippen LogP) is 1.91. The number of hydrogen-bond donors (Lipinski definition) is 1. The highest BCUT2D eigenvalue weighted by molar-refractivity contribution is 6.31. The van der Waals surface area contributed by atoms with Crippen molar-refractivity contribution >= 4 is 17.5 Å². The fourth-order valence-corrected chi connectivity index (χ4v) is 2.21. The van der Waals surface area contributed by atoms with Crippen molar-refractivity contribution in [2.45, 2.75) is 13.0 Å². The van der Waals surface area contributed by atoms with Crippen molar-refractivity contribution in [2.24, 2.45) is 0 Å². The number of nitrogens with zero attached hydrogens (tertiary/aromatic N) is 1. The van der Waals surface area contributed by atoms with Crippen molar-refractivity contribution in [3.63, 3.8) is 0 Å². The van der Waals surface area contributed by atoms with Gasteiger partial charge in [-0.2, -0.15) is 0 Å². The van der Waals surface area contributed by atoms with Crippen LogP contribution in [-0.2, 0) is 0 Å². The minimum Gasteiger partial charge on any atom is -0.333 e. The summed E-state index contributed by atoms with van der Waals surface area (Å²) in [5.74, 6) is -0.649. The summed E-state index contributed by atoms with van der Waals surface area (Å²) in [4.78, 5) is 13.9. The Kier molecular flexibility index (Phi) is 3.64. The minimum absolute atomic E-state index is 0.110. The first-order valence-corrected chi connectivity index (χ1v) is 5.93. The number of halogens is 2. The van der Waals surface area contributed by atoms with E-state index in [1.54, 1.807) is 4.90 Å². The van der Waals surface area contributed by atoms with Crippen LogP contribution in [-0.4, -0.2) is 36.5 Å². The van der Waals surface area contributed by atoms with Gasteiger partial charge in [0.05, 0.1) is 0 Å². The van der Waals surface area contributed by atoms with E-state index in [4.69, 9.17) is 11.6 Å². The van der Waals surface area contributed by atoms with Gasteiger partial charge >= 0.3 is 0 Å². The summed E-state index contributed by atoms with van der Waals surface area (Å²) < 4.78 is 13.2. The molecule has 1 saturated heterocycles. The summed E-state index contributed by atoms with van der Waals surface area (Å²) in [6.45, 7) is 4.12. The molecule has 0 unspecified atom stereocenters. The standard InChI is InChI=1S/C12H14ClFN2O/c1-8-7-15-2-3-16(8)12(17)9-4-10(13)6-11(14)5-9/h4-6,8,15H,2-3,7H2,1H3/t8-/m1/s1. The molecule has 0 bridgehead atoms. The maximum atomic E-state index is 13.2. The predicted molar refractivity (Wildman–Crippen MR) is 64.8 cm³/mol. The number of hydrogen-bond acceptors (Lipinski definition) is 2. The Labute approximate surface area is 105 Å². The van der Waals surface area contributed by atoms with Crippen LogP contribution in [0.15, 0.2) is 18.2 Å². The molecule has 1 aromatic rings. The molecule has 5 heteroatoms. The Morgan fingerprint density at radius 1 is 1.53 bits per heavy atom. The topological polar surface area (TPSA) is 32.3 Å². The van der Waals surface area contributed by atoms with Gasteiger partial charge in [0.2, 0.25) is 0 Å². The molecule has 2 rings (SSSR count). The summed E-state index contributed by atoms with van der Waals surface area (Å²) in [7, 11) is 0. The molecule has 1 amide bonds. The monoisotopic (exact) mass is 256 g/mol. The summed E-state index contributed by atoms with van der Waals surface area (Å²) in [6.07, 6.45) is 0. The molecule has 92 valence electrons. The molecule has 1 atom stereocenters. The number of rotatable bonds is 1. The van der Waals surface area contributed by atoms with Crippen LogP contribution in [0.25, 0.3) is 0 Å². The smallest absolute Gasteiger partial charge is 0.254 e. The van der Waals surface area contributed by atoms with E-state index in [1.165, 1.54) is 18.2 Å². The third kappa shape index (κ3) is 2.76. The largest absolute Gasteiger partial charge is 0.333 e. The van der Waals surface area contributed by atoms with Gasteiger partial charge in [0.25, 0.3) is 5.91 Å². The summed E-state index contributed by atoms with van der Waals surface area (Å²) >= 11 is 5.75. The quantitative estimate of drug-likeness (QED) is 0.833.